The Hall–Kier alpha value is -1.51. The molecule has 3 nitrogen and oxygen atoms in total. The van der Waals surface area contributed by atoms with Crippen molar-refractivity contribution in [1.29, 1.82) is 0 Å². The largest absolute Gasteiger partial charge is 0.508 e. The van der Waals surface area contributed by atoms with Crippen LogP contribution in [0.2, 0.25) is 0 Å². The van der Waals surface area contributed by atoms with E-state index < -0.39 is 0 Å². The molecule has 0 aliphatic rings. The maximum Gasteiger partial charge on any atom is 0.166 e. The molecule has 0 aromatic heterocycles. The number of ketones is 1. The zero-order valence-electron chi connectivity index (χ0n) is 14.7. The second kappa shape index (κ2) is 11.1. The Morgan fingerprint density at radius 1 is 0.826 bits per heavy atom. The van der Waals surface area contributed by atoms with Gasteiger partial charge in [0.2, 0.25) is 0 Å². The van der Waals surface area contributed by atoms with Crippen molar-refractivity contribution in [3.8, 4) is 11.5 Å². The number of phenols is 2. The minimum atomic E-state index is -0.101. The summed E-state index contributed by atoms with van der Waals surface area (Å²) in [5.74, 6) is -0.0305. The molecule has 0 saturated heterocycles. The van der Waals surface area contributed by atoms with Gasteiger partial charge in [0.15, 0.2) is 5.78 Å². The van der Waals surface area contributed by atoms with Gasteiger partial charge < -0.3 is 10.2 Å². The summed E-state index contributed by atoms with van der Waals surface area (Å²) in [6.07, 6.45) is 11.3. The second-order valence-electron chi connectivity index (χ2n) is 6.40. The first-order chi connectivity index (χ1) is 11.1. The van der Waals surface area contributed by atoms with Gasteiger partial charge in [0, 0.05) is 12.5 Å². The first-order valence-electron chi connectivity index (χ1n) is 9.18. The lowest BCUT2D eigenvalue weighted by atomic mass is 9.98. The van der Waals surface area contributed by atoms with Crippen LogP contribution in [0.15, 0.2) is 12.1 Å². The smallest absolute Gasteiger partial charge is 0.166 e. The van der Waals surface area contributed by atoms with Gasteiger partial charge in [-0.05, 0) is 30.9 Å². The van der Waals surface area contributed by atoms with Crippen molar-refractivity contribution in [2.75, 3.05) is 0 Å². The van der Waals surface area contributed by atoms with E-state index in [-0.39, 0.29) is 17.3 Å². The fourth-order valence-corrected chi connectivity index (χ4v) is 2.81. The van der Waals surface area contributed by atoms with E-state index in [1.807, 2.05) is 0 Å². The van der Waals surface area contributed by atoms with E-state index in [1.54, 1.807) is 6.07 Å². The Labute approximate surface area is 140 Å². The number of phenolic OH excluding ortho intramolecular Hbond substituents is 2. The Bertz CT molecular complexity index is 480. The van der Waals surface area contributed by atoms with E-state index in [0.717, 1.165) is 44.1 Å². The zero-order valence-corrected chi connectivity index (χ0v) is 14.7. The summed E-state index contributed by atoms with van der Waals surface area (Å²) in [4.78, 5) is 12.2. The van der Waals surface area contributed by atoms with E-state index in [4.69, 9.17) is 0 Å². The summed E-state index contributed by atoms with van der Waals surface area (Å²) < 4.78 is 0. The molecule has 3 heteroatoms. The fraction of sp³-hybridized carbons (Fsp3) is 0.650. The van der Waals surface area contributed by atoms with Crippen molar-refractivity contribution >= 4 is 5.78 Å². The average molecular weight is 320 g/mol. The lowest BCUT2D eigenvalue weighted by Gasteiger charge is -2.10. The molecule has 1 rings (SSSR count). The molecule has 23 heavy (non-hydrogen) atoms. The number of aryl methyl sites for hydroxylation is 1. The molecule has 1 aromatic carbocycles. The maximum absolute atomic E-state index is 12.2. The molecule has 130 valence electrons. The number of unbranched alkanes of at least 4 members (excludes halogenated alkanes) is 7. The van der Waals surface area contributed by atoms with Crippen molar-refractivity contribution in [3.05, 3.63) is 23.3 Å². The van der Waals surface area contributed by atoms with Gasteiger partial charge in [0.1, 0.15) is 11.5 Å². The highest BCUT2D eigenvalue weighted by Gasteiger charge is 2.14. The first kappa shape index (κ1) is 19.5. The van der Waals surface area contributed by atoms with Crippen molar-refractivity contribution in [2.45, 2.75) is 84.5 Å². The van der Waals surface area contributed by atoms with Crippen LogP contribution in [0.1, 0.15) is 94.0 Å². The molecule has 0 heterocycles. The van der Waals surface area contributed by atoms with Crippen LogP contribution in [0, 0.1) is 0 Å². The monoisotopic (exact) mass is 320 g/mol. The summed E-state index contributed by atoms with van der Waals surface area (Å²) in [5, 5.41) is 19.9. The summed E-state index contributed by atoms with van der Waals surface area (Å²) in [5.41, 5.74) is 1.14. The van der Waals surface area contributed by atoms with E-state index in [9.17, 15) is 15.0 Å². The van der Waals surface area contributed by atoms with E-state index in [2.05, 4.69) is 13.8 Å². The van der Waals surface area contributed by atoms with Gasteiger partial charge in [-0.2, -0.15) is 0 Å². The molecule has 1 aromatic rings. The lowest BCUT2D eigenvalue weighted by Crippen LogP contribution is -2.01. The molecular formula is C20H32O3. The van der Waals surface area contributed by atoms with Gasteiger partial charge in [-0.1, -0.05) is 58.8 Å². The molecule has 0 spiro atoms. The van der Waals surface area contributed by atoms with Crippen molar-refractivity contribution < 1.29 is 15.0 Å². The molecule has 0 aliphatic heterocycles. The summed E-state index contributed by atoms with van der Waals surface area (Å²) in [7, 11) is 0. The van der Waals surface area contributed by atoms with Crippen LogP contribution in [-0.2, 0) is 6.42 Å². The normalized spacial score (nSPS) is 10.9. The SMILES string of the molecule is CCCCCCCCc1cc(C(=O)CCCCC)c(O)cc1O. The number of hydrogen-bond donors (Lipinski definition) is 2. The third kappa shape index (κ3) is 7.06. The van der Waals surface area contributed by atoms with E-state index in [1.165, 1.54) is 31.7 Å². The van der Waals surface area contributed by atoms with Gasteiger partial charge in [0.25, 0.3) is 0 Å². The Kier molecular flexibility index (Phi) is 9.42. The molecule has 2 N–H and O–H groups in total. The highest BCUT2D eigenvalue weighted by molar-refractivity contribution is 5.99. The van der Waals surface area contributed by atoms with Crippen LogP contribution in [0.3, 0.4) is 0 Å². The third-order valence-electron chi connectivity index (χ3n) is 4.30. The molecular weight excluding hydrogens is 288 g/mol. The molecule has 0 unspecified atom stereocenters. The lowest BCUT2D eigenvalue weighted by molar-refractivity contribution is 0.0976. The Balaban J connectivity index is 2.59. The van der Waals surface area contributed by atoms with E-state index >= 15 is 0 Å². The van der Waals surface area contributed by atoms with Crippen LogP contribution < -0.4 is 0 Å². The minimum absolute atomic E-state index is 0.0276. The number of aromatic hydroxyl groups is 2. The molecule has 0 amide bonds. The topological polar surface area (TPSA) is 57.5 Å². The predicted octanol–water partition coefficient (Wildman–Crippen LogP) is 5.76. The molecule has 0 aliphatic carbocycles. The summed E-state index contributed by atoms with van der Waals surface area (Å²) in [6, 6.07) is 3.00. The van der Waals surface area contributed by atoms with Crippen LogP contribution in [0.25, 0.3) is 0 Å². The number of carbonyl (C=O) groups excluding carboxylic acids is 1. The molecule has 0 saturated carbocycles. The van der Waals surface area contributed by atoms with Gasteiger partial charge in [-0.3, -0.25) is 4.79 Å². The van der Waals surface area contributed by atoms with Gasteiger partial charge in [-0.25, -0.2) is 0 Å². The first-order valence-corrected chi connectivity index (χ1v) is 9.18. The fourth-order valence-electron chi connectivity index (χ4n) is 2.81. The highest BCUT2D eigenvalue weighted by Crippen LogP contribution is 2.30. The predicted molar refractivity (Wildman–Crippen MR) is 95.3 cm³/mol. The van der Waals surface area contributed by atoms with Crippen LogP contribution in [-0.4, -0.2) is 16.0 Å². The Morgan fingerprint density at radius 2 is 1.43 bits per heavy atom. The van der Waals surface area contributed by atoms with Gasteiger partial charge in [0.05, 0.1) is 5.56 Å². The molecule has 0 radical (unpaired) electrons. The number of rotatable bonds is 12. The summed E-state index contributed by atoms with van der Waals surface area (Å²) in [6.45, 7) is 4.30. The quantitative estimate of drug-likeness (QED) is 0.380. The molecule has 0 bridgehead atoms. The second-order valence-corrected chi connectivity index (χ2v) is 6.40. The number of Topliss-reactive ketones (excluding diaryl/α,β-unsaturated/α-hetero) is 1. The Morgan fingerprint density at radius 3 is 2.13 bits per heavy atom. The average Bonchev–Trinajstić information content (AvgIpc) is 2.52. The molecule has 0 atom stereocenters. The van der Waals surface area contributed by atoms with Crippen LogP contribution in [0.5, 0.6) is 11.5 Å². The molecule has 0 fully saturated rings. The standard InChI is InChI=1S/C20H32O3/c1-3-5-7-8-9-11-12-16-14-17(20(23)15-19(16)22)18(21)13-10-6-4-2/h14-15,22-23H,3-13H2,1-2H3. The van der Waals surface area contributed by atoms with Crippen LogP contribution in [0.4, 0.5) is 0 Å². The summed E-state index contributed by atoms with van der Waals surface area (Å²) >= 11 is 0. The van der Waals surface area contributed by atoms with E-state index in [0.29, 0.717) is 12.0 Å². The van der Waals surface area contributed by atoms with Crippen molar-refractivity contribution in [3.63, 3.8) is 0 Å². The van der Waals surface area contributed by atoms with Gasteiger partial charge >= 0.3 is 0 Å². The zero-order chi connectivity index (χ0) is 17.1. The van der Waals surface area contributed by atoms with Crippen molar-refractivity contribution in [2.24, 2.45) is 0 Å². The minimum Gasteiger partial charge on any atom is -0.508 e. The maximum atomic E-state index is 12.2. The highest BCUT2D eigenvalue weighted by atomic mass is 16.3. The third-order valence-corrected chi connectivity index (χ3v) is 4.30. The van der Waals surface area contributed by atoms with Gasteiger partial charge in [-0.15, -0.1) is 0 Å². The van der Waals surface area contributed by atoms with Crippen LogP contribution >= 0.6 is 0 Å². The number of hydrogen-bond acceptors (Lipinski definition) is 3. The van der Waals surface area contributed by atoms with Crippen molar-refractivity contribution in [1.82, 2.24) is 0 Å². The number of benzene rings is 1. The number of carbonyl (C=O) groups is 1.